The number of aliphatic hydroxyl groups is 1. The Balaban J connectivity index is 1.63. The largest absolute Gasteiger partial charge is 0.394 e. The fraction of sp³-hybridized carbons (Fsp3) is 0.594. The normalized spacial score (nSPS) is 32.0. The molecule has 4 fully saturated rings. The topological polar surface area (TPSA) is 81.2 Å². The molecular formula is C32H43N3O4S. The van der Waals surface area contributed by atoms with Crippen molar-refractivity contribution in [3.8, 4) is 0 Å². The molecule has 4 aliphatic rings. The van der Waals surface area contributed by atoms with Crippen molar-refractivity contribution < 1.29 is 19.5 Å². The number of amides is 3. The van der Waals surface area contributed by atoms with Crippen molar-refractivity contribution >= 4 is 29.5 Å². The number of rotatable bonds is 10. The summed E-state index contributed by atoms with van der Waals surface area (Å²) in [5.41, 5.74) is 0.790. The third-order valence-corrected chi connectivity index (χ3v) is 11.8. The number of likely N-dealkylation sites (tertiary alicyclic amines) is 1. The summed E-state index contributed by atoms with van der Waals surface area (Å²) in [6, 6.07) is 8.14. The van der Waals surface area contributed by atoms with E-state index in [1.165, 1.54) is 6.42 Å². The highest BCUT2D eigenvalue weighted by Gasteiger charge is 2.78. The van der Waals surface area contributed by atoms with Crippen molar-refractivity contribution in [1.82, 2.24) is 14.7 Å². The van der Waals surface area contributed by atoms with Crippen molar-refractivity contribution in [2.24, 2.45) is 11.8 Å². The molecule has 2 bridgehead atoms. The highest BCUT2D eigenvalue weighted by molar-refractivity contribution is 8.02. The van der Waals surface area contributed by atoms with Crippen LogP contribution in [0.1, 0.15) is 63.5 Å². The van der Waals surface area contributed by atoms with Crippen LogP contribution in [-0.2, 0) is 14.4 Å². The number of fused-ring (bicyclic) bond motifs is 1. The Labute approximate surface area is 242 Å². The van der Waals surface area contributed by atoms with Crippen LogP contribution in [0.3, 0.4) is 0 Å². The lowest BCUT2D eigenvalue weighted by Crippen LogP contribution is -2.58. The molecule has 3 aliphatic heterocycles. The summed E-state index contributed by atoms with van der Waals surface area (Å²) in [6.07, 6.45) is 10.1. The lowest BCUT2D eigenvalue weighted by Gasteiger charge is -2.42. The van der Waals surface area contributed by atoms with Gasteiger partial charge in [0.2, 0.25) is 17.7 Å². The van der Waals surface area contributed by atoms with Gasteiger partial charge in [0.15, 0.2) is 0 Å². The van der Waals surface area contributed by atoms with Gasteiger partial charge >= 0.3 is 0 Å². The number of thioether (sulfide) groups is 1. The molecule has 3 saturated heterocycles. The van der Waals surface area contributed by atoms with Crippen LogP contribution >= 0.6 is 11.8 Å². The van der Waals surface area contributed by atoms with Crippen LogP contribution in [0.5, 0.6) is 0 Å². The standard InChI is InChI=1S/C32H43N3O4S/c1-5-19-33(4)28(37)25-26-29(38)35(24(21-36)22-13-9-7-10-14-22)27(32(26)18-17-31(25,3)40-32)30(39)34(20-6-2)23-15-11-8-12-16-23/h5-7,9-10,13-14,23-27,36H,1-2,8,11-12,15-21H2,3-4H3/t24-,25-,26+,27?,31+,32?/m1/s1. The highest BCUT2D eigenvalue weighted by Crippen LogP contribution is 2.72. The summed E-state index contributed by atoms with van der Waals surface area (Å²) in [7, 11) is 1.76. The third-order valence-electron chi connectivity index (χ3n) is 9.81. The molecule has 1 N–H and O–H groups in total. The molecule has 40 heavy (non-hydrogen) atoms. The molecule has 8 heteroatoms. The lowest BCUT2D eigenvalue weighted by atomic mass is 9.66. The van der Waals surface area contributed by atoms with Crippen molar-refractivity contribution in [3.63, 3.8) is 0 Å². The maximum Gasteiger partial charge on any atom is 0.247 e. The van der Waals surface area contributed by atoms with Crippen LogP contribution < -0.4 is 0 Å². The van der Waals surface area contributed by atoms with E-state index in [1.54, 1.807) is 40.8 Å². The Morgan fingerprint density at radius 2 is 1.77 bits per heavy atom. The Hall–Kier alpha value is -2.58. The van der Waals surface area contributed by atoms with E-state index in [4.69, 9.17) is 0 Å². The Morgan fingerprint density at radius 1 is 1.10 bits per heavy atom. The fourth-order valence-electron chi connectivity index (χ4n) is 8.01. The van der Waals surface area contributed by atoms with Crippen molar-refractivity contribution in [2.75, 3.05) is 26.7 Å². The molecular weight excluding hydrogens is 522 g/mol. The third kappa shape index (κ3) is 4.51. The van der Waals surface area contributed by atoms with Gasteiger partial charge in [-0.3, -0.25) is 14.4 Å². The molecule has 1 spiro atoms. The van der Waals surface area contributed by atoms with Gasteiger partial charge in [-0.15, -0.1) is 24.9 Å². The van der Waals surface area contributed by atoms with Crippen molar-refractivity contribution in [1.29, 1.82) is 0 Å². The van der Waals surface area contributed by atoms with E-state index in [2.05, 4.69) is 20.1 Å². The number of hydrogen-bond acceptors (Lipinski definition) is 5. The quantitative estimate of drug-likeness (QED) is 0.431. The van der Waals surface area contributed by atoms with Crippen LogP contribution in [-0.4, -0.2) is 85.8 Å². The molecule has 7 nitrogen and oxygen atoms in total. The molecule has 216 valence electrons. The molecule has 3 amide bonds. The van der Waals surface area contributed by atoms with Gasteiger partial charge in [0.1, 0.15) is 6.04 Å². The average molecular weight is 566 g/mol. The maximum atomic E-state index is 14.9. The summed E-state index contributed by atoms with van der Waals surface area (Å²) < 4.78 is -1.17. The van der Waals surface area contributed by atoms with Gasteiger partial charge in [-0.25, -0.2) is 0 Å². The molecule has 1 aliphatic carbocycles. The molecule has 6 atom stereocenters. The van der Waals surface area contributed by atoms with E-state index in [9.17, 15) is 19.5 Å². The van der Waals surface area contributed by atoms with Crippen LogP contribution in [0.2, 0.25) is 0 Å². The summed E-state index contributed by atoms with van der Waals surface area (Å²) in [6.45, 7) is 10.4. The number of nitrogens with zero attached hydrogens (tertiary/aromatic N) is 3. The number of aliphatic hydroxyl groups excluding tert-OH is 1. The van der Waals surface area contributed by atoms with Gasteiger partial charge in [-0.2, -0.15) is 0 Å². The second-order valence-corrected chi connectivity index (χ2v) is 14.1. The van der Waals surface area contributed by atoms with E-state index in [-0.39, 0.29) is 30.4 Å². The predicted molar refractivity (Wildman–Crippen MR) is 158 cm³/mol. The van der Waals surface area contributed by atoms with E-state index < -0.39 is 33.4 Å². The minimum absolute atomic E-state index is 0.0682. The van der Waals surface area contributed by atoms with Crippen molar-refractivity contribution in [2.45, 2.75) is 79.5 Å². The fourth-order valence-corrected chi connectivity index (χ4v) is 10.3. The summed E-state index contributed by atoms with van der Waals surface area (Å²) in [5, 5.41) is 10.7. The SMILES string of the molecule is C=CCN(C)C(=O)[C@H]1[C@H]2C(=O)N([C@H](CO)c3ccccc3)C(C(=O)N(CC=C)C3CCCCC3)C23CC[C@]1(C)S3. The second kappa shape index (κ2) is 11.4. The molecule has 2 unspecified atom stereocenters. The zero-order valence-electron chi connectivity index (χ0n) is 23.8. The molecule has 5 rings (SSSR count). The van der Waals surface area contributed by atoms with E-state index >= 15 is 0 Å². The summed E-state index contributed by atoms with van der Waals surface area (Å²) in [4.78, 5) is 48.7. The highest BCUT2D eigenvalue weighted by atomic mass is 32.2. The maximum absolute atomic E-state index is 14.9. The zero-order chi connectivity index (χ0) is 28.7. The minimum Gasteiger partial charge on any atom is -0.394 e. The summed E-state index contributed by atoms with van der Waals surface area (Å²) >= 11 is 1.68. The first-order valence-electron chi connectivity index (χ1n) is 14.7. The smallest absolute Gasteiger partial charge is 0.247 e. The monoisotopic (exact) mass is 565 g/mol. The number of carbonyl (C=O) groups excluding carboxylic acids is 3. The van der Waals surface area contributed by atoms with Gasteiger partial charge < -0.3 is 19.8 Å². The van der Waals surface area contributed by atoms with Crippen molar-refractivity contribution in [3.05, 3.63) is 61.2 Å². The van der Waals surface area contributed by atoms with Crippen LogP contribution in [0.15, 0.2) is 55.6 Å². The average Bonchev–Trinajstić information content (AvgIpc) is 3.53. The van der Waals surface area contributed by atoms with Crippen LogP contribution in [0.4, 0.5) is 0 Å². The molecule has 1 saturated carbocycles. The van der Waals surface area contributed by atoms with Crippen LogP contribution in [0, 0.1) is 11.8 Å². The first kappa shape index (κ1) is 28.9. The molecule has 0 aromatic heterocycles. The van der Waals surface area contributed by atoms with Crippen LogP contribution in [0.25, 0.3) is 0 Å². The van der Waals surface area contributed by atoms with E-state index in [0.29, 0.717) is 19.5 Å². The minimum atomic E-state index is -0.765. The number of carbonyl (C=O) groups is 3. The van der Waals surface area contributed by atoms with Gasteiger partial charge in [-0.05, 0) is 38.2 Å². The number of hydrogen-bond donors (Lipinski definition) is 1. The second-order valence-electron chi connectivity index (χ2n) is 12.2. The van der Waals surface area contributed by atoms with E-state index in [0.717, 1.165) is 37.7 Å². The Morgan fingerprint density at radius 3 is 2.40 bits per heavy atom. The Bertz CT molecular complexity index is 1150. The number of likely N-dealkylation sites (N-methyl/N-ethyl adjacent to an activating group) is 1. The number of benzene rings is 1. The van der Waals surface area contributed by atoms with Gasteiger partial charge in [0.05, 0.1) is 29.2 Å². The lowest BCUT2D eigenvalue weighted by molar-refractivity contribution is -0.148. The van der Waals surface area contributed by atoms with E-state index in [1.807, 2.05) is 35.2 Å². The van der Waals surface area contributed by atoms with Gasteiger partial charge in [-0.1, -0.05) is 61.7 Å². The predicted octanol–water partition coefficient (Wildman–Crippen LogP) is 4.19. The van der Waals surface area contributed by atoms with Gasteiger partial charge in [0, 0.05) is 30.9 Å². The first-order valence-corrected chi connectivity index (χ1v) is 15.5. The molecule has 0 radical (unpaired) electrons. The molecule has 3 heterocycles. The van der Waals surface area contributed by atoms with Gasteiger partial charge in [0.25, 0.3) is 0 Å². The Kier molecular flexibility index (Phi) is 8.22. The molecule has 1 aromatic carbocycles. The zero-order valence-corrected chi connectivity index (χ0v) is 24.7. The molecule has 1 aromatic rings. The summed E-state index contributed by atoms with van der Waals surface area (Å²) in [5.74, 6) is -1.49. The first-order chi connectivity index (χ1) is 19.2.